The molecule has 0 spiro atoms. The van der Waals surface area contributed by atoms with Gasteiger partial charge in [-0.2, -0.15) is 0 Å². The quantitative estimate of drug-likeness (QED) is 0.329. The lowest BCUT2D eigenvalue weighted by Crippen LogP contribution is -1.96. The van der Waals surface area contributed by atoms with Gasteiger partial charge < -0.3 is 19.6 Å². The normalized spacial score (nSPS) is 11.1. The van der Waals surface area contributed by atoms with Crippen molar-refractivity contribution >= 4 is 22.2 Å². The Hall–Kier alpha value is -3.68. The highest BCUT2D eigenvalue weighted by molar-refractivity contribution is 7.14. The Morgan fingerprint density at radius 3 is 2.50 bits per heavy atom. The number of aromatic amines is 1. The highest BCUT2D eigenvalue weighted by Crippen LogP contribution is 2.37. The number of nitrogens with one attached hydrogen (secondary N) is 1. The van der Waals surface area contributed by atoms with E-state index >= 15 is 0 Å². The zero-order valence-corrected chi connectivity index (χ0v) is 18.2. The molecular weight excluding hydrogens is 422 g/mol. The molecule has 3 aromatic carbocycles. The second-order valence-electron chi connectivity index (χ2n) is 7.42. The molecule has 5 aromatic rings. The Bertz CT molecular complexity index is 1340. The summed E-state index contributed by atoms with van der Waals surface area (Å²) in [6.45, 7) is 2.35. The number of aliphatic hydroxyl groups is 1. The van der Waals surface area contributed by atoms with Crippen LogP contribution in [0.1, 0.15) is 16.1 Å². The topological polar surface area (TPSA) is 80.3 Å². The number of nitrogens with zero attached hydrogens (tertiary/aromatic N) is 2. The van der Waals surface area contributed by atoms with Crippen LogP contribution in [0.5, 0.6) is 17.2 Å². The summed E-state index contributed by atoms with van der Waals surface area (Å²) in [6.07, 6.45) is 0. The van der Waals surface area contributed by atoms with E-state index in [2.05, 4.69) is 15.2 Å². The lowest BCUT2D eigenvalue weighted by Gasteiger charge is -2.11. The minimum absolute atomic E-state index is 0.127. The van der Waals surface area contributed by atoms with Crippen LogP contribution in [-0.4, -0.2) is 20.3 Å². The number of ether oxygens (including phenoxy) is 2. The Kier molecular flexibility index (Phi) is 5.58. The number of H-pyrrole nitrogens is 1. The maximum Gasteiger partial charge on any atom is 0.164 e. The van der Waals surface area contributed by atoms with Crippen LogP contribution < -0.4 is 9.47 Å². The predicted molar refractivity (Wildman–Crippen MR) is 125 cm³/mol. The van der Waals surface area contributed by atoms with E-state index in [4.69, 9.17) is 9.47 Å². The lowest BCUT2D eigenvalue weighted by molar-refractivity contribution is 0.280. The van der Waals surface area contributed by atoms with Crippen molar-refractivity contribution in [3.05, 3.63) is 88.9 Å². The van der Waals surface area contributed by atoms with Crippen LogP contribution in [0.3, 0.4) is 0 Å². The van der Waals surface area contributed by atoms with Gasteiger partial charge in [-0.25, -0.2) is 0 Å². The summed E-state index contributed by atoms with van der Waals surface area (Å²) in [5.41, 5.74) is 3.92. The predicted octanol–water partition coefficient (Wildman–Crippen LogP) is 5.86. The Balaban J connectivity index is 1.52. The van der Waals surface area contributed by atoms with Gasteiger partial charge in [0.25, 0.3) is 0 Å². The fourth-order valence-electron chi connectivity index (χ4n) is 3.38. The van der Waals surface area contributed by atoms with Gasteiger partial charge in [-0.3, -0.25) is 0 Å². The number of hydrogen-bond acceptors (Lipinski definition) is 6. The second-order valence-corrected chi connectivity index (χ2v) is 8.48. The molecule has 7 heteroatoms. The van der Waals surface area contributed by atoms with Gasteiger partial charge in [-0.05, 0) is 36.8 Å². The third-order valence-corrected chi connectivity index (χ3v) is 5.93. The number of hydrogen-bond donors (Lipinski definition) is 2. The van der Waals surface area contributed by atoms with Crippen molar-refractivity contribution in [2.24, 2.45) is 0 Å². The van der Waals surface area contributed by atoms with Crippen molar-refractivity contribution in [2.75, 3.05) is 0 Å². The summed E-state index contributed by atoms with van der Waals surface area (Å²) in [4.78, 5) is 3.40. The first kappa shape index (κ1) is 20.2. The van der Waals surface area contributed by atoms with Gasteiger partial charge in [0, 0.05) is 11.5 Å². The third kappa shape index (κ3) is 4.34. The molecule has 2 N–H and O–H groups in total. The van der Waals surface area contributed by atoms with Crippen molar-refractivity contribution in [1.29, 1.82) is 0 Å². The molecule has 32 heavy (non-hydrogen) atoms. The van der Waals surface area contributed by atoms with Gasteiger partial charge in [0.1, 0.15) is 28.9 Å². The molecular formula is C25H21N3O3S. The molecule has 160 valence electrons. The molecule has 6 nitrogen and oxygen atoms in total. The molecule has 0 fully saturated rings. The molecule has 0 radical (unpaired) electrons. The molecule has 5 rings (SSSR count). The number of aryl methyl sites for hydroxylation is 1. The third-order valence-electron chi connectivity index (χ3n) is 4.99. The minimum Gasteiger partial charge on any atom is -0.487 e. The summed E-state index contributed by atoms with van der Waals surface area (Å²) in [7, 11) is 0. The molecule has 2 aromatic heterocycles. The SMILES string of the molecule is Cc1ccc(Oc2cc(OCc3ccccc3)c3[nH]c(-c4nnc(CO)s4)cc3c2)cc1. The van der Waals surface area contributed by atoms with Crippen LogP contribution in [0.25, 0.3) is 21.6 Å². The molecule has 0 bridgehead atoms. The van der Waals surface area contributed by atoms with Gasteiger partial charge >= 0.3 is 0 Å². The van der Waals surface area contributed by atoms with Crippen molar-refractivity contribution in [1.82, 2.24) is 15.2 Å². The van der Waals surface area contributed by atoms with Crippen LogP contribution in [0.2, 0.25) is 0 Å². The highest BCUT2D eigenvalue weighted by atomic mass is 32.1. The average molecular weight is 444 g/mol. The van der Waals surface area contributed by atoms with Gasteiger partial charge in [-0.1, -0.05) is 59.4 Å². The van der Waals surface area contributed by atoms with Crippen LogP contribution in [0.15, 0.2) is 72.8 Å². The van der Waals surface area contributed by atoms with Gasteiger partial charge in [0.15, 0.2) is 5.01 Å². The molecule has 0 aliphatic heterocycles. The number of aromatic nitrogens is 3. The van der Waals surface area contributed by atoms with E-state index in [9.17, 15) is 5.11 Å². The molecule has 0 amide bonds. The Labute approximate surface area is 189 Å². The Morgan fingerprint density at radius 2 is 1.75 bits per heavy atom. The number of fused-ring (bicyclic) bond motifs is 1. The first-order chi connectivity index (χ1) is 15.7. The minimum atomic E-state index is -0.127. The van der Waals surface area contributed by atoms with E-state index in [1.165, 1.54) is 16.9 Å². The van der Waals surface area contributed by atoms with E-state index < -0.39 is 0 Å². The van der Waals surface area contributed by atoms with E-state index in [-0.39, 0.29) is 6.61 Å². The maximum absolute atomic E-state index is 9.31. The molecule has 0 saturated heterocycles. The smallest absolute Gasteiger partial charge is 0.164 e. The van der Waals surface area contributed by atoms with Crippen LogP contribution in [0.4, 0.5) is 0 Å². The summed E-state index contributed by atoms with van der Waals surface area (Å²) >= 11 is 1.35. The summed E-state index contributed by atoms with van der Waals surface area (Å²) in [6, 6.07) is 23.8. The number of benzene rings is 3. The van der Waals surface area contributed by atoms with Crippen LogP contribution in [-0.2, 0) is 13.2 Å². The Morgan fingerprint density at radius 1 is 0.938 bits per heavy atom. The average Bonchev–Trinajstić information content (AvgIpc) is 3.47. The fourth-order valence-corrected chi connectivity index (χ4v) is 4.05. The lowest BCUT2D eigenvalue weighted by atomic mass is 10.2. The molecule has 2 heterocycles. The van der Waals surface area contributed by atoms with Crippen molar-refractivity contribution in [2.45, 2.75) is 20.1 Å². The fraction of sp³-hybridized carbons (Fsp3) is 0.120. The van der Waals surface area contributed by atoms with Gasteiger partial charge in [0.2, 0.25) is 0 Å². The van der Waals surface area contributed by atoms with E-state index in [1.807, 2.05) is 79.7 Å². The summed E-state index contributed by atoms with van der Waals surface area (Å²) in [5.74, 6) is 2.13. The molecule has 0 aliphatic rings. The highest BCUT2D eigenvalue weighted by Gasteiger charge is 2.15. The van der Waals surface area contributed by atoms with Gasteiger partial charge in [0.05, 0.1) is 17.8 Å². The van der Waals surface area contributed by atoms with E-state index in [1.54, 1.807) is 0 Å². The summed E-state index contributed by atoms with van der Waals surface area (Å²) in [5, 5.41) is 19.7. The van der Waals surface area contributed by atoms with E-state index in [0.29, 0.717) is 28.1 Å². The largest absolute Gasteiger partial charge is 0.487 e. The number of rotatable bonds is 7. The zero-order chi connectivity index (χ0) is 21.9. The maximum atomic E-state index is 9.31. The number of aliphatic hydroxyl groups excluding tert-OH is 1. The monoisotopic (exact) mass is 443 g/mol. The van der Waals surface area contributed by atoms with Crippen molar-refractivity contribution in [3.63, 3.8) is 0 Å². The molecule has 0 atom stereocenters. The van der Waals surface area contributed by atoms with Gasteiger partial charge in [-0.15, -0.1) is 10.2 Å². The van der Waals surface area contributed by atoms with Crippen molar-refractivity contribution < 1.29 is 14.6 Å². The van der Waals surface area contributed by atoms with Crippen LogP contribution in [0, 0.1) is 6.92 Å². The second kappa shape index (κ2) is 8.82. The molecule has 0 aliphatic carbocycles. The zero-order valence-electron chi connectivity index (χ0n) is 17.4. The van der Waals surface area contributed by atoms with Crippen molar-refractivity contribution in [3.8, 4) is 28.0 Å². The summed E-state index contributed by atoms with van der Waals surface area (Å²) < 4.78 is 12.3. The molecule has 0 unspecified atom stereocenters. The standard InChI is InChI=1S/C25H21N3O3S/c1-16-7-9-19(10-8-16)31-20-11-18-12-21(25-28-27-23(14-29)32-25)26-24(18)22(13-20)30-15-17-5-3-2-4-6-17/h2-13,26,29H,14-15H2,1H3. The molecule has 0 saturated carbocycles. The van der Waals surface area contributed by atoms with Crippen LogP contribution >= 0.6 is 11.3 Å². The first-order valence-corrected chi connectivity index (χ1v) is 11.0. The van der Waals surface area contributed by atoms with E-state index in [0.717, 1.165) is 27.9 Å². The first-order valence-electron chi connectivity index (χ1n) is 10.2.